The van der Waals surface area contributed by atoms with Crippen molar-refractivity contribution < 1.29 is 0 Å². The molecule has 1 aromatic carbocycles. The SMILES string of the molecule is CCCCCc1nc(CCC)n(Cc2ccc(-c3ccccc3-c3nn[nH]n3)cn2)n1. The number of aromatic amines is 1. The molecule has 0 aliphatic rings. The molecule has 8 nitrogen and oxygen atoms in total. The lowest BCUT2D eigenvalue weighted by molar-refractivity contribution is 0.610. The molecular formula is C23H28N8. The summed E-state index contributed by atoms with van der Waals surface area (Å²) in [5.74, 6) is 2.56. The van der Waals surface area contributed by atoms with Crippen LogP contribution in [0.15, 0.2) is 42.6 Å². The van der Waals surface area contributed by atoms with Crippen LogP contribution >= 0.6 is 0 Å². The Kier molecular flexibility index (Phi) is 6.76. The Bertz CT molecular complexity index is 1080. The Morgan fingerprint density at radius 2 is 1.81 bits per heavy atom. The minimum absolute atomic E-state index is 0.571. The number of benzene rings is 1. The van der Waals surface area contributed by atoms with Crippen LogP contribution in [0.4, 0.5) is 0 Å². The van der Waals surface area contributed by atoms with Crippen molar-refractivity contribution in [2.45, 2.75) is 58.9 Å². The molecule has 0 saturated carbocycles. The van der Waals surface area contributed by atoms with Crippen molar-refractivity contribution in [3.8, 4) is 22.5 Å². The van der Waals surface area contributed by atoms with Crippen LogP contribution in [0.3, 0.4) is 0 Å². The maximum absolute atomic E-state index is 4.77. The number of aryl methyl sites for hydroxylation is 2. The second kappa shape index (κ2) is 10.1. The third kappa shape index (κ3) is 5.02. The number of H-pyrrole nitrogens is 1. The molecule has 0 amide bonds. The third-order valence-corrected chi connectivity index (χ3v) is 5.23. The van der Waals surface area contributed by atoms with Gasteiger partial charge in [0.2, 0.25) is 5.82 Å². The Labute approximate surface area is 182 Å². The Hall–Kier alpha value is -3.42. The standard InChI is InChI=1S/C23H28N8/c1-3-5-6-12-21-25-22(9-4-2)31(28-21)16-18-14-13-17(15-24-18)19-10-7-8-11-20(19)23-26-29-30-27-23/h7-8,10-11,13-15H,3-6,9,12,16H2,1-2H3,(H,26,27,29,30). The number of rotatable bonds is 10. The van der Waals surface area contributed by atoms with Crippen LogP contribution in [0.25, 0.3) is 22.5 Å². The number of hydrogen-bond donors (Lipinski definition) is 1. The summed E-state index contributed by atoms with van der Waals surface area (Å²) in [6.45, 7) is 5.01. The zero-order valence-electron chi connectivity index (χ0n) is 18.1. The van der Waals surface area contributed by atoms with E-state index in [1.54, 1.807) is 0 Å². The molecule has 160 valence electrons. The van der Waals surface area contributed by atoms with Gasteiger partial charge in [0, 0.05) is 30.2 Å². The molecule has 0 fully saturated rings. The molecule has 0 aliphatic heterocycles. The summed E-state index contributed by atoms with van der Waals surface area (Å²) in [6, 6.07) is 12.1. The number of tetrazole rings is 1. The lowest BCUT2D eigenvalue weighted by Gasteiger charge is -2.08. The molecule has 0 bridgehead atoms. The van der Waals surface area contributed by atoms with Crippen molar-refractivity contribution in [3.05, 3.63) is 59.9 Å². The van der Waals surface area contributed by atoms with E-state index in [9.17, 15) is 0 Å². The Morgan fingerprint density at radius 3 is 2.52 bits per heavy atom. The molecule has 31 heavy (non-hydrogen) atoms. The van der Waals surface area contributed by atoms with E-state index in [1.165, 1.54) is 12.8 Å². The maximum Gasteiger partial charge on any atom is 0.205 e. The first-order chi connectivity index (χ1) is 15.3. The summed E-state index contributed by atoms with van der Waals surface area (Å²) in [6.07, 6.45) is 8.37. The van der Waals surface area contributed by atoms with E-state index in [1.807, 2.05) is 35.1 Å². The summed E-state index contributed by atoms with van der Waals surface area (Å²) < 4.78 is 2.01. The van der Waals surface area contributed by atoms with Crippen LogP contribution < -0.4 is 0 Å². The number of hydrogen-bond acceptors (Lipinski definition) is 6. The molecule has 8 heteroatoms. The minimum atomic E-state index is 0.571. The second-order valence-corrected chi connectivity index (χ2v) is 7.63. The fourth-order valence-electron chi connectivity index (χ4n) is 3.64. The van der Waals surface area contributed by atoms with Gasteiger partial charge in [0.1, 0.15) is 5.82 Å². The van der Waals surface area contributed by atoms with Crippen LogP contribution in [-0.4, -0.2) is 40.4 Å². The van der Waals surface area contributed by atoms with Gasteiger partial charge in [-0.2, -0.15) is 10.3 Å². The van der Waals surface area contributed by atoms with Gasteiger partial charge in [0.15, 0.2) is 5.82 Å². The average Bonchev–Trinajstić information content (AvgIpc) is 3.46. The molecule has 3 aromatic heterocycles. The highest BCUT2D eigenvalue weighted by Crippen LogP contribution is 2.29. The van der Waals surface area contributed by atoms with Crippen LogP contribution in [0, 0.1) is 0 Å². The summed E-state index contributed by atoms with van der Waals surface area (Å²) in [5, 5.41) is 19.2. The predicted molar refractivity (Wildman–Crippen MR) is 119 cm³/mol. The number of pyridine rings is 1. The van der Waals surface area contributed by atoms with Gasteiger partial charge in [-0.3, -0.25) is 4.98 Å². The van der Waals surface area contributed by atoms with Gasteiger partial charge in [-0.15, -0.1) is 10.2 Å². The molecule has 0 radical (unpaired) electrons. The topological polar surface area (TPSA) is 98.1 Å². The molecule has 4 aromatic rings. The van der Waals surface area contributed by atoms with E-state index in [4.69, 9.17) is 15.1 Å². The highest BCUT2D eigenvalue weighted by atomic mass is 15.5. The van der Waals surface area contributed by atoms with Gasteiger partial charge in [-0.1, -0.05) is 57.0 Å². The number of nitrogens with one attached hydrogen (secondary N) is 1. The highest BCUT2D eigenvalue weighted by molar-refractivity contribution is 5.79. The molecule has 0 aliphatic carbocycles. The lowest BCUT2D eigenvalue weighted by atomic mass is 10.0. The molecule has 0 spiro atoms. The van der Waals surface area contributed by atoms with Gasteiger partial charge in [0.05, 0.1) is 12.2 Å². The largest absolute Gasteiger partial charge is 0.259 e. The van der Waals surface area contributed by atoms with Gasteiger partial charge in [-0.05, 0) is 29.7 Å². The van der Waals surface area contributed by atoms with Crippen LogP contribution in [0.5, 0.6) is 0 Å². The third-order valence-electron chi connectivity index (χ3n) is 5.23. The van der Waals surface area contributed by atoms with Gasteiger partial charge in [-0.25, -0.2) is 9.67 Å². The minimum Gasteiger partial charge on any atom is -0.259 e. The van der Waals surface area contributed by atoms with E-state index in [-0.39, 0.29) is 0 Å². The van der Waals surface area contributed by atoms with Crippen molar-refractivity contribution in [2.24, 2.45) is 0 Å². The van der Waals surface area contributed by atoms with E-state index in [0.717, 1.165) is 59.7 Å². The van der Waals surface area contributed by atoms with Crippen molar-refractivity contribution in [1.82, 2.24) is 40.4 Å². The quantitative estimate of drug-likeness (QED) is 0.388. The van der Waals surface area contributed by atoms with Crippen molar-refractivity contribution in [2.75, 3.05) is 0 Å². The highest BCUT2D eigenvalue weighted by Gasteiger charge is 2.13. The van der Waals surface area contributed by atoms with Gasteiger partial charge in [0.25, 0.3) is 0 Å². The molecule has 0 unspecified atom stereocenters. The van der Waals surface area contributed by atoms with E-state index in [0.29, 0.717) is 12.4 Å². The van der Waals surface area contributed by atoms with E-state index >= 15 is 0 Å². The van der Waals surface area contributed by atoms with Crippen molar-refractivity contribution in [3.63, 3.8) is 0 Å². The zero-order chi connectivity index (χ0) is 21.5. The molecule has 0 atom stereocenters. The second-order valence-electron chi connectivity index (χ2n) is 7.63. The van der Waals surface area contributed by atoms with E-state index in [2.05, 4.69) is 46.6 Å². The van der Waals surface area contributed by atoms with Gasteiger partial charge >= 0.3 is 0 Å². The monoisotopic (exact) mass is 416 g/mol. The fraction of sp³-hybridized carbons (Fsp3) is 0.391. The van der Waals surface area contributed by atoms with Crippen LogP contribution in [0.2, 0.25) is 0 Å². The summed E-state index contributed by atoms with van der Waals surface area (Å²) >= 11 is 0. The zero-order valence-corrected chi connectivity index (χ0v) is 18.1. The van der Waals surface area contributed by atoms with Crippen molar-refractivity contribution >= 4 is 0 Å². The number of aromatic nitrogens is 8. The maximum atomic E-state index is 4.77. The first-order valence-electron chi connectivity index (χ1n) is 11.0. The molecule has 1 N–H and O–H groups in total. The normalized spacial score (nSPS) is 11.2. The lowest BCUT2D eigenvalue weighted by Crippen LogP contribution is -2.08. The number of unbranched alkanes of at least 4 members (excludes halogenated alkanes) is 2. The van der Waals surface area contributed by atoms with Crippen LogP contribution in [-0.2, 0) is 19.4 Å². The summed E-state index contributed by atoms with van der Waals surface area (Å²) in [7, 11) is 0. The average molecular weight is 417 g/mol. The predicted octanol–water partition coefficient (Wildman–Crippen LogP) is 4.25. The summed E-state index contributed by atoms with van der Waals surface area (Å²) in [5.41, 5.74) is 3.91. The fourth-order valence-corrected chi connectivity index (χ4v) is 3.64. The van der Waals surface area contributed by atoms with Crippen LogP contribution in [0.1, 0.15) is 56.9 Å². The molecule has 0 saturated heterocycles. The Balaban J connectivity index is 1.53. The summed E-state index contributed by atoms with van der Waals surface area (Å²) in [4.78, 5) is 9.48. The Morgan fingerprint density at radius 1 is 0.935 bits per heavy atom. The molecule has 4 rings (SSSR count). The molecule has 3 heterocycles. The molecular weight excluding hydrogens is 388 g/mol. The van der Waals surface area contributed by atoms with Crippen molar-refractivity contribution in [1.29, 1.82) is 0 Å². The first-order valence-corrected chi connectivity index (χ1v) is 11.0. The van der Waals surface area contributed by atoms with Gasteiger partial charge < -0.3 is 0 Å². The van der Waals surface area contributed by atoms with E-state index < -0.39 is 0 Å². The number of nitrogens with zero attached hydrogens (tertiary/aromatic N) is 7. The smallest absolute Gasteiger partial charge is 0.205 e. The first kappa shape index (κ1) is 20.8.